The van der Waals surface area contributed by atoms with Gasteiger partial charge < -0.3 is 14.8 Å². The molecular formula is C18H15FN4O4. The zero-order valence-corrected chi connectivity index (χ0v) is 14.1. The lowest BCUT2D eigenvalue weighted by molar-refractivity contribution is -0.130. The maximum Gasteiger partial charge on any atom is 0.277 e. The Bertz CT molecular complexity index is 1070. The highest BCUT2D eigenvalue weighted by Crippen LogP contribution is 2.30. The van der Waals surface area contributed by atoms with Crippen molar-refractivity contribution in [2.75, 3.05) is 13.2 Å². The van der Waals surface area contributed by atoms with E-state index < -0.39 is 17.5 Å². The number of aromatic nitrogens is 3. The molecule has 9 heteroatoms. The number of nitrogens with one attached hydrogen (secondary N) is 1. The van der Waals surface area contributed by atoms with Gasteiger partial charge in [0.1, 0.15) is 17.9 Å². The van der Waals surface area contributed by atoms with Gasteiger partial charge in [-0.3, -0.25) is 9.59 Å². The molecule has 0 saturated heterocycles. The fraction of sp³-hybridized carbons (Fsp3) is 0.222. The summed E-state index contributed by atoms with van der Waals surface area (Å²) >= 11 is 0. The molecule has 1 aromatic heterocycles. The molecule has 4 rings (SSSR count). The van der Waals surface area contributed by atoms with Gasteiger partial charge >= 0.3 is 0 Å². The first kappa shape index (κ1) is 17.0. The van der Waals surface area contributed by atoms with Crippen LogP contribution in [0, 0.1) is 5.82 Å². The number of carbonyl (C=O) groups is 1. The van der Waals surface area contributed by atoms with Crippen molar-refractivity contribution in [2.45, 2.75) is 12.6 Å². The molecular weight excluding hydrogens is 355 g/mol. The zero-order valence-electron chi connectivity index (χ0n) is 14.1. The molecule has 0 bridgehead atoms. The minimum Gasteiger partial charge on any atom is -0.485 e. The highest BCUT2D eigenvalue weighted by atomic mass is 19.1. The van der Waals surface area contributed by atoms with Gasteiger partial charge in [-0.15, -0.1) is 5.10 Å². The van der Waals surface area contributed by atoms with Gasteiger partial charge in [0.25, 0.3) is 11.5 Å². The Balaban J connectivity index is 1.39. The van der Waals surface area contributed by atoms with Crippen molar-refractivity contribution in [3.63, 3.8) is 0 Å². The van der Waals surface area contributed by atoms with Crippen LogP contribution in [0.4, 0.5) is 4.39 Å². The van der Waals surface area contributed by atoms with Crippen molar-refractivity contribution in [1.82, 2.24) is 20.3 Å². The van der Waals surface area contributed by atoms with E-state index in [9.17, 15) is 14.0 Å². The van der Waals surface area contributed by atoms with E-state index in [0.717, 1.165) is 10.7 Å². The number of fused-ring (bicyclic) bond motifs is 2. The Morgan fingerprint density at radius 3 is 2.93 bits per heavy atom. The molecule has 1 atom stereocenters. The fourth-order valence-corrected chi connectivity index (χ4v) is 2.74. The molecule has 3 aromatic rings. The van der Waals surface area contributed by atoms with Crippen molar-refractivity contribution in [2.24, 2.45) is 0 Å². The van der Waals surface area contributed by atoms with Crippen molar-refractivity contribution in [1.29, 1.82) is 0 Å². The number of ether oxygens (including phenoxy) is 2. The Morgan fingerprint density at radius 2 is 2.07 bits per heavy atom. The van der Waals surface area contributed by atoms with Gasteiger partial charge in [-0.1, -0.05) is 17.3 Å². The minimum absolute atomic E-state index is 0.0915. The van der Waals surface area contributed by atoms with Crippen LogP contribution in [0.3, 0.4) is 0 Å². The summed E-state index contributed by atoms with van der Waals surface area (Å²) in [7, 11) is 0. The monoisotopic (exact) mass is 370 g/mol. The second kappa shape index (κ2) is 7.02. The van der Waals surface area contributed by atoms with Gasteiger partial charge in [0.2, 0.25) is 6.10 Å². The number of halogens is 1. The first-order valence-electron chi connectivity index (χ1n) is 8.31. The lowest BCUT2D eigenvalue weighted by Crippen LogP contribution is -2.45. The van der Waals surface area contributed by atoms with Crippen molar-refractivity contribution in [3.05, 3.63) is 58.6 Å². The molecule has 1 amide bonds. The molecule has 1 aliphatic heterocycles. The molecule has 27 heavy (non-hydrogen) atoms. The van der Waals surface area contributed by atoms with Crippen LogP contribution in [0.2, 0.25) is 0 Å². The van der Waals surface area contributed by atoms with E-state index in [2.05, 4.69) is 15.6 Å². The van der Waals surface area contributed by atoms with Gasteiger partial charge in [0.15, 0.2) is 11.5 Å². The Morgan fingerprint density at radius 1 is 1.26 bits per heavy atom. The maximum atomic E-state index is 13.3. The second-order valence-electron chi connectivity index (χ2n) is 5.93. The fourth-order valence-electron chi connectivity index (χ4n) is 2.74. The molecule has 0 spiro atoms. The molecule has 2 aromatic carbocycles. The van der Waals surface area contributed by atoms with Crippen LogP contribution in [-0.4, -0.2) is 40.2 Å². The van der Waals surface area contributed by atoms with Crippen LogP contribution in [0.1, 0.15) is 0 Å². The summed E-state index contributed by atoms with van der Waals surface area (Å²) in [5.74, 6) is 0.203. The van der Waals surface area contributed by atoms with E-state index in [1.165, 1.54) is 12.1 Å². The summed E-state index contributed by atoms with van der Waals surface area (Å²) in [5.41, 5.74) is -0.159. The van der Waals surface area contributed by atoms with Gasteiger partial charge in [0.05, 0.1) is 11.9 Å². The summed E-state index contributed by atoms with van der Waals surface area (Å²) in [5, 5.41) is 10.5. The molecule has 8 nitrogen and oxygen atoms in total. The predicted octanol–water partition coefficient (Wildman–Crippen LogP) is 0.887. The topological polar surface area (TPSA) is 95.3 Å². The molecule has 138 valence electrons. The lowest BCUT2D eigenvalue weighted by atomic mass is 10.2. The van der Waals surface area contributed by atoms with Crippen molar-refractivity contribution >= 4 is 16.8 Å². The Kier molecular flexibility index (Phi) is 4.41. The van der Waals surface area contributed by atoms with E-state index >= 15 is 0 Å². The number of nitrogens with zero attached hydrogens (tertiary/aromatic N) is 3. The molecule has 1 N–H and O–H groups in total. The number of benzene rings is 2. The summed E-state index contributed by atoms with van der Waals surface area (Å²) in [6.07, 6.45) is -0.784. The summed E-state index contributed by atoms with van der Waals surface area (Å²) in [4.78, 5) is 24.6. The SMILES string of the molecule is O=C(NCCn1nnc2ccc(F)cc2c1=O)[C@@H]1COc2ccccc2O1. The molecule has 0 unspecified atom stereocenters. The zero-order chi connectivity index (χ0) is 18.8. The molecule has 1 aliphatic rings. The lowest BCUT2D eigenvalue weighted by Gasteiger charge is -2.25. The number of amides is 1. The van der Waals surface area contributed by atoms with Crippen molar-refractivity contribution in [3.8, 4) is 11.5 Å². The first-order valence-corrected chi connectivity index (χ1v) is 8.31. The number of rotatable bonds is 4. The number of hydrogen-bond acceptors (Lipinski definition) is 6. The van der Waals surface area contributed by atoms with Gasteiger partial charge in [-0.2, -0.15) is 0 Å². The average Bonchev–Trinajstić information content (AvgIpc) is 2.69. The Hall–Kier alpha value is -3.49. The Labute approximate surface area is 152 Å². The van der Waals surface area contributed by atoms with Crippen LogP contribution in [0.5, 0.6) is 11.5 Å². The number of carbonyl (C=O) groups excluding carboxylic acids is 1. The third-order valence-electron chi connectivity index (χ3n) is 4.11. The highest BCUT2D eigenvalue weighted by molar-refractivity contribution is 5.81. The van der Waals surface area contributed by atoms with Gasteiger partial charge in [-0.25, -0.2) is 9.07 Å². The largest absolute Gasteiger partial charge is 0.485 e. The van der Waals surface area contributed by atoms with Crippen LogP contribution in [-0.2, 0) is 11.3 Å². The van der Waals surface area contributed by atoms with Crippen LogP contribution in [0.25, 0.3) is 10.9 Å². The standard InChI is InChI=1S/C18H15FN4O4/c19-11-5-6-13-12(9-11)18(25)23(22-21-13)8-7-20-17(24)16-10-26-14-3-1-2-4-15(14)27-16/h1-6,9,16H,7-8,10H2,(H,20,24)/t16-/m0/s1. The molecule has 0 saturated carbocycles. The summed E-state index contributed by atoms with van der Waals surface area (Å²) < 4.78 is 25.5. The van der Waals surface area contributed by atoms with E-state index in [0.29, 0.717) is 17.0 Å². The van der Waals surface area contributed by atoms with E-state index in [1.54, 1.807) is 18.2 Å². The summed E-state index contributed by atoms with van der Waals surface area (Å²) in [6, 6.07) is 10.8. The minimum atomic E-state index is -0.784. The third kappa shape index (κ3) is 3.43. The summed E-state index contributed by atoms with van der Waals surface area (Å²) in [6.45, 7) is 0.321. The van der Waals surface area contributed by atoms with Gasteiger partial charge in [0, 0.05) is 6.54 Å². The molecule has 2 heterocycles. The van der Waals surface area contributed by atoms with Gasteiger partial charge in [-0.05, 0) is 30.3 Å². The van der Waals surface area contributed by atoms with E-state index in [4.69, 9.17) is 9.47 Å². The molecule has 0 aliphatic carbocycles. The molecule has 0 fully saturated rings. The van der Waals surface area contributed by atoms with Crippen LogP contribution < -0.4 is 20.3 Å². The molecule has 0 radical (unpaired) electrons. The van der Waals surface area contributed by atoms with Crippen molar-refractivity contribution < 1.29 is 18.7 Å². The van der Waals surface area contributed by atoms with E-state index in [-0.39, 0.29) is 31.0 Å². The van der Waals surface area contributed by atoms with Crippen LogP contribution >= 0.6 is 0 Å². The third-order valence-corrected chi connectivity index (χ3v) is 4.11. The quantitative estimate of drug-likeness (QED) is 0.733. The van der Waals surface area contributed by atoms with Crippen LogP contribution in [0.15, 0.2) is 47.3 Å². The normalized spacial score (nSPS) is 15.5. The second-order valence-corrected chi connectivity index (χ2v) is 5.93. The van der Waals surface area contributed by atoms with E-state index in [1.807, 2.05) is 6.07 Å². The number of hydrogen-bond donors (Lipinski definition) is 1. The maximum absolute atomic E-state index is 13.3. The predicted molar refractivity (Wildman–Crippen MR) is 93.1 cm³/mol. The first-order chi connectivity index (χ1) is 13.1. The average molecular weight is 370 g/mol. The number of para-hydroxylation sites is 2. The highest BCUT2D eigenvalue weighted by Gasteiger charge is 2.26. The smallest absolute Gasteiger partial charge is 0.277 e.